The van der Waals surface area contributed by atoms with E-state index in [2.05, 4.69) is 26.1 Å². The Morgan fingerprint density at radius 1 is 1.43 bits per heavy atom. The van der Waals surface area contributed by atoms with Crippen molar-refractivity contribution in [2.24, 2.45) is 5.92 Å². The van der Waals surface area contributed by atoms with Crippen LogP contribution < -0.4 is 5.32 Å². The van der Waals surface area contributed by atoms with Crippen LogP contribution in [-0.2, 0) is 4.74 Å². The Morgan fingerprint density at radius 2 is 2.21 bits per heavy atom. The van der Waals surface area contributed by atoms with Crippen molar-refractivity contribution in [1.82, 2.24) is 5.32 Å². The summed E-state index contributed by atoms with van der Waals surface area (Å²) in [6.07, 6.45) is 5.02. The number of ether oxygens (including phenoxy) is 1. The summed E-state index contributed by atoms with van der Waals surface area (Å²) in [7, 11) is 0. The maximum absolute atomic E-state index is 5.44. The zero-order valence-electron chi connectivity index (χ0n) is 9.88. The molecule has 1 fully saturated rings. The van der Waals surface area contributed by atoms with E-state index in [0.29, 0.717) is 12.1 Å². The van der Waals surface area contributed by atoms with E-state index in [0.717, 1.165) is 19.1 Å². The first kappa shape index (κ1) is 12.0. The number of nitrogens with one attached hydrogen (secondary N) is 1. The zero-order chi connectivity index (χ0) is 10.4. The monoisotopic (exact) mass is 199 g/mol. The molecule has 0 aromatic carbocycles. The lowest BCUT2D eigenvalue weighted by atomic mass is 9.95. The molecule has 84 valence electrons. The van der Waals surface area contributed by atoms with Crippen molar-refractivity contribution >= 4 is 0 Å². The third-order valence-electron chi connectivity index (χ3n) is 3.19. The van der Waals surface area contributed by atoms with Gasteiger partial charge in [0, 0.05) is 18.7 Å². The molecule has 0 amide bonds. The van der Waals surface area contributed by atoms with Crippen LogP contribution in [0.4, 0.5) is 0 Å². The molecule has 2 heteroatoms. The highest BCUT2D eigenvalue weighted by atomic mass is 16.5. The fourth-order valence-electron chi connectivity index (χ4n) is 2.34. The van der Waals surface area contributed by atoms with Crippen molar-refractivity contribution < 1.29 is 4.74 Å². The van der Waals surface area contributed by atoms with Crippen LogP contribution in [0.1, 0.15) is 46.5 Å². The van der Waals surface area contributed by atoms with Gasteiger partial charge in [0.25, 0.3) is 0 Å². The molecule has 14 heavy (non-hydrogen) atoms. The molecule has 0 spiro atoms. The van der Waals surface area contributed by atoms with Gasteiger partial charge in [-0.05, 0) is 32.1 Å². The lowest BCUT2D eigenvalue weighted by Crippen LogP contribution is -2.41. The van der Waals surface area contributed by atoms with Gasteiger partial charge in [0.15, 0.2) is 0 Å². The molecule has 0 aliphatic carbocycles. The second kappa shape index (κ2) is 6.41. The smallest absolute Gasteiger partial charge is 0.0510 e. The van der Waals surface area contributed by atoms with Crippen molar-refractivity contribution in [3.05, 3.63) is 0 Å². The molecule has 1 rings (SSSR count). The van der Waals surface area contributed by atoms with Gasteiger partial charge < -0.3 is 10.1 Å². The molecular formula is C12H25NO. The topological polar surface area (TPSA) is 21.3 Å². The van der Waals surface area contributed by atoms with Gasteiger partial charge in [0.2, 0.25) is 0 Å². The maximum Gasteiger partial charge on any atom is 0.0510 e. The molecule has 0 aromatic rings. The fourth-order valence-corrected chi connectivity index (χ4v) is 2.34. The molecule has 1 saturated heterocycles. The van der Waals surface area contributed by atoms with Crippen LogP contribution >= 0.6 is 0 Å². The van der Waals surface area contributed by atoms with Crippen molar-refractivity contribution in [1.29, 1.82) is 0 Å². The SMILES string of the molecule is CCCC(C)NC(CC)C1CCOC1. The molecule has 0 radical (unpaired) electrons. The highest BCUT2D eigenvalue weighted by Gasteiger charge is 2.24. The van der Waals surface area contributed by atoms with Crippen molar-refractivity contribution in [3.8, 4) is 0 Å². The normalized spacial score (nSPS) is 26.4. The zero-order valence-corrected chi connectivity index (χ0v) is 9.88. The summed E-state index contributed by atoms with van der Waals surface area (Å²) in [5.74, 6) is 0.749. The number of hydrogen-bond acceptors (Lipinski definition) is 2. The molecule has 0 saturated carbocycles. The first-order valence-electron chi connectivity index (χ1n) is 6.11. The summed E-state index contributed by atoms with van der Waals surface area (Å²) >= 11 is 0. The van der Waals surface area contributed by atoms with E-state index < -0.39 is 0 Å². The van der Waals surface area contributed by atoms with E-state index in [9.17, 15) is 0 Å². The van der Waals surface area contributed by atoms with Crippen molar-refractivity contribution in [3.63, 3.8) is 0 Å². The van der Waals surface area contributed by atoms with Gasteiger partial charge in [0.1, 0.15) is 0 Å². The minimum Gasteiger partial charge on any atom is -0.381 e. The van der Waals surface area contributed by atoms with Crippen LogP contribution in [0.5, 0.6) is 0 Å². The summed E-state index contributed by atoms with van der Waals surface area (Å²) in [4.78, 5) is 0. The van der Waals surface area contributed by atoms with E-state index >= 15 is 0 Å². The molecule has 3 atom stereocenters. The average Bonchev–Trinajstić information content (AvgIpc) is 2.67. The summed E-state index contributed by atoms with van der Waals surface area (Å²) < 4.78 is 5.44. The Labute approximate surface area is 88.4 Å². The summed E-state index contributed by atoms with van der Waals surface area (Å²) in [6, 6.07) is 1.32. The van der Waals surface area contributed by atoms with Gasteiger partial charge in [-0.1, -0.05) is 20.3 Å². The predicted molar refractivity (Wildman–Crippen MR) is 60.5 cm³/mol. The molecular weight excluding hydrogens is 174 g/mol. The summed E-state index contributed by atoms with van der Waals surface area (Å²) in [5, 5.41) is 3.73. The van der Waals surface area contributed by atoms with Crippen LogP contribution in [0, 0.1) is 5.92 Å². The second-order valence-electron chi connectivity index (χ2n) is 4.49. The van der Waals surface area contributed by atoms with E-state index in [1.54, 1.807) is 0 Å². The average molecular weight is 199 g/mol. The summed E-state index contributed by atoms with van der Waals surface area (Å²) in [6.45, 7) is 8.74. The van der Waals surface area contributed by atoms with E-state index in [1.165, 1.54) is 25.7 Å². The van der Waals surface area contributed by atoms with Crippen molar-refractivity contribution in [2.75, 3.05) is 13.2 Å². The third-order valence-corrected chi connectivity index (χ3v) is 3.19. The first-order valence-corrected chi connectivity index (χ1v) is 6.11. The first-order chi connectivity index (χ1) is 6.77. The van der Waals surface area contributed by atoms with Gasteiger partial charge in [-0.2, -0.15) is 0 Å². The van der Waals surface area contributed by atoms with Crippen LogP contribution in [0.25, 0.3) is 0 Å². The Morgan fingerprint density at radius 3 is 2.71 bits per heavy atom. The van der Waals surface area contributed by atoms with Crippen LogP contribution in [0.15, 0.2) is 0 Å². The van der Waals surface area contributed by atoms with Gasteiger partial charge >= 0.3 is 0 Å². The van der Waals surface area contributed by atoms with Gasteiger partial charge in [-0.25, -0.2) is 0 Å². The van der Waals surface area contributed by atoms with Crippen LogP contribution in [0.3, 0.4) is 0 Å². The van der Waals surface area contributed by atoms with E-state index in [1.807, 2.05) is 0 Å². The Hall–Kier alpha value is -0.0800. The molecule has 2 nitrogen and oxygen atoms in total. The molecule has 1 aliphatic rings. The second-order valence-corrected chi connectivity index (χ2v) is 4.49. The van der Waals surface area contributed by atoms with Gasteiger partial charge in [-0.3, -0.25) is 0 Å². The molecule has 1 aliphatic heterocycles. The van der Waals surface area contributed by atoms with Gasteiger partial charge in [0.05, 0.1) is 6.61 Å². The molecule has 0 bridgehead atoms. The predicted octanol–water partition coefficient (Wildman–Crippen LogP) is 2.58. The third kappa shape index (κ3) is 3.58. The van der Waals surface area contributed by atoms with E-state index in [4.69, 9.17) is 4.74 Å². The Kier molecular flexibility index (Phi) is 5.49. The maximum atomic E-state index is 5.44. The molecule has 0 aromatic heterocycles. The minimum absolute atomic E-state index is 0.658. The standard InChI is InChI=1S/C12H25NO/c1-4-6-10(3)13-12(5-2)11-7-8-14-9-11/h10-13H,4-9H2,1-3H3. The van der Waals surface area contributed by atoms with Crippen LogP contribution in [0.2, 0.25) is 0 Å². The minimum atomic E-state index is 0.658. The lowest BCUT2D eigenvalue weighted by Gasteiger charge is -2.26. The quantitative estimate of drug-likeness (QED) is 0.710. The summed E-state index contributed by atoms with van der Waals surface area (Å²) in [5.41, 5.74) is 0. The molecule has 3 unspecified atom stereocenters. The van der Waals surface area contributed by atoms with Crippen molar-refractivity contribution in [2.45, 2.75) is 58.5 Å². The highest BCUT2D eigenvalue weighted by molar-refractivity contribution is 4.80. The number of hydrogen-bond donors (Lipinski definition) is 1. The largest absolute Gasteiger partial charge is 0.381 e. The Bertz CT molecular complexity index is 143. The number of rotatable bonds is 6. The highest BCUT2D eigenvalue weighted by Crippen LogP contribution is 2.19. The molecule has 1 heterocycles. The lowest BCUT2D eigenvalue weighted by molar-refractivity contribution is 0.173. The van der Waals surface area contributed by atoms with E-state index in [-0.39, 0.29) is 0 Å². The van der Waals surface area contributed by atoms with Crippen LogP contribution in [-0.4, -0.2) is 25.3 Å². The van der Waals surface area contributed by atoms with Gasteiger partial charge in [-0.15, -0.1) is 0 Å². The Balaban J connectivity index is 2.29. The molecule has 1 N–H and O–H groups in total. The fraction of sp³-hybridized carbons (Fsp3) is 1.00.